The average Bonchev–Trinajstić information content (AvgIpc) is 2.79. The number of benzene rings is 1. The molecule has 2 heterocycles. The second-order valence-electron chi connectivity index (χ2n) is 7.70. The highest BCUT2D eigenvalue weighted by Crippen LogP contribution is 2.31. The minimum Gasteiger partial charge on any atom is -0.488 e. The summed E-state index contributed by atoms with van der Waals surface area (Å²) >= 11 is 0. The third-order valence-electron chi connectivity index (χ3n) is 4.76. The molecule has 0 aliphatic carbocycles. The second-order valence-corrected chi connectivity index (χ2v) is 7.70. The van der Waals surface area contributed by atoms with E-state index in [4.69, 9.17) is 4.74 Å². The van der Waals surface area contributed by atoms with Crippen molar-refractivity contribution < 1.29 is 4.74 Å². The van der Waals surface area contributed by atoms with Crippen molar-refractivity contribution in [3.8, 4) is 5.75 Å². The summed E-state index contributed by atoms with van der Waals surface area (Å²) in [6.45, 7) is 12.5. The number of nitrogens with zero attached hydrogens (tertiary/aromatic N) is 1. The van der Waals surface area contributed by atoms with Gasteiger partial charge in [-0.05, 0) is 24.0 Å². The van der Waals surface area contributed by atoms with E-state index < -0.39 is 0 Å². The van der Waals surface area contributed by atoms with Gasteiger partial charge >= 0.3 is 0 Å². The second kappa shape index (κ2) is 5.62. The molecule has 0 bridgehead atoms. The van der Waals surface area contributed by atoms with Gasteiger partial charge < -0.3 is 10.1 Å². The quantitative estimate of drug-likeness (QED) is 0.905. The number of ether oxygens (including phenoxy) is 1. The molecule has 0 amide bonds. The number of rotatable bonds is 2. The first-order valence-corrected chi connectivity index (χ1v) is 8.15. The summed E-state index contributed by atoms with van der Waals surface area (Å²) in [5, 5.41) is 3.63. The summed E-state index contributed by atoms with van der Waals surface area (Å²) in [6.07, 6.45) is 1.35. The molecule has 21 heavy (non-hydrogen) atoms. The molecule has 2 aliphatic rings. The molecule has 1 N–H and O–H groups in total. The van der Waals surface area contributed by atoms with E-state index in [-0.39, 0.29) is 0 Å². The molecule has 1 aromatic carbocycles. The molecule has 1 saturated heterocycles. The fraction of sp³-hybridized carbons (Fsp3) is 0.667. The molecule has 0 radical (unpaired) electrons. The smallest absolute Gasteiger partial charge is 0.123 e. The van der Waals surface area contributed by atoms with Gasteiger partial charge in [-0.2, -0.15) is 0 Å². The van der Waals surface area contributed by atoms with E-state index in [0.717, 1.165) is 31.8 Å². The molecule has 116 valence electrons. The Kier molecular flexibility index (Phi) is 3.98. The maximum atomic E-state index is 6.14. The number of fused-ring (bicyclic) bond motifs is 1. The van der Waals surface area contributed by atoms with Gasteiger partial charge in [0.25, 0.3) is 0 Å². The van der Waals surface area contributed by atoms with Crippen LogP contribution in [0, 0.1) is 5.41 Å². The van der Waals surface area contributed by atoms with Crippen LogP contribution in [-0.4, -0.2) is 42.7 Å². The number of hydrogen-bond acceptors (Lipinski definition) is 3. The SMILES string of the molecule is CC1CN(CC2Cc3ccccc3O2)C(C(C)(C)C)CN1. The lowest BCUT2D eigenvalue weighted by atomic mass is 9.83. The molecular weight excluding hydrogens is 260 g/mol. The van der Waals surface area contributed by atoms with Crippen LogP contribution in [-0.2, 0) is 6.42 Å². The van der Waals surface area contributed by atoms with Crippen molar-refractivity contribution >= 4 is 0 Å². The van der Waals surface area contributed by atoms with Gasteiger partial charge in [0.05, 0.1) is 0 Å². The molecule has 0 saturated carbocycles. The van der Waals surface area contributed by atoms with Crippen LogP contribution in [0.3, 0.4) is 0 Å². The van der Waals surface area contributed by atoms with E-state index in [1.54, 1.807) is 0 Å². The Morgan fingerprint density at radius 2 is 2.05 bits per heavy atom. The van der Waals surface area contributed by atoms with Gasteiger partial charge in [-0.1, -0.05) is 39.0 Å². The first-order valence-electron chi connectivity index (χ1n) is 8.15. The van der Waals surface area contributed by atoms with Crippen LogP contribution in [0.2, 0.25) is 0 Å². The molecule has 1 fully saturated rings. The Hall–Kier alpha value is -1.06. The number of hydrogen-bond donors (Lipinski definition) is 1. The normalized spacial score (nSPS) is 30.0. The molecule has 3 heteroatoms. The molecule has 3 rings (SSSR count). The summed E-state index contributed by atoms with van der Waals surface area (Å²) in [5.74, 6) is 1.08. The van der Waals surface area contributed by atoms with Crippen LogP contribution in [0.5, 0.6) is 5.75 Å². The van der Waals surface area contributed by atoms with Crippen molar-refractivity contribution in [1.82, 2.24) is 10.2 Å². The van der Waals surface area contributed by atoms with E-state index in [1.165, 1.54) is 5.56 Å². The van der Waals surface area contributed by atoms with Crippen molar-refractivity contribution in [1.29, 1.82) is 0 Å². The zero-order valence-corrected chi connectivity index (χ0v) is 13.7. The Labute approximate surface area is 128 Å². The van der Waals surface area contributed by atoms with E-state index in [2.05, 4.69) is 62.2 Å². The van der Waals surface area contributed by atoms with Gasteiger partial charge in [-0.25, -0.2) is 0 Å². The summed E-state index contributed by atoms with van der Waals surface area (Å²) in [6, 6.07) is 9.59. The predicted molar refractivity (Wildman–Crippen MR) is 86.8 cm³/mol. The van der Waals surface area contributed by atoms with Gasteiger partial charge in [0.15, 0.2) is 0 Å². The highest BCUT2D eigenvalue weighted by atomic mass is 16.5. The Morgan fingerprint density at radius 1 is 1.29 bits per heavy atom. The minimum atomic E-state index is 0.290. The molecular formula is C18H28N2O. The first-order chi connectivity index (χ1) is 9.93. The summed E-state index contributed by atoms with van der Waals surface area (Å²) in [7, 11) is 0. The summed E-state index contributed by atoms with van der Waals surface area (Å²) < 4.78 is 6.14. The van der Waals surface area contributed by atoms with Gasteiger partial charge in [0.1, 0.15) is 11.9 Å². The summed E-state index contributed by atoms with van der Waals surface area (Å²) in [4.78, 5) is 2.64. The lowest BCUT2D eigenvalue weighted by Crippen LogP contribution is -2.61. The van der Waals surface area contributed by atoms with Gasteiger partial charge in [0.2, 0.25) is 0 Å². The van der Waals surface area contributed by atoms with Crippen LogP contribution in [0.4, 0.5) is 0 Å². The third kappa shape index (κ3) is 3.24. The highest BCUT2D eigenvalue weighted by Gasteiger charge is 2.36. The average molecular weight is 288 g/mol. The van der Waals surface area contributed by atoms with Crippen LogP contribution in [0.1, 0.15) is 33.3 Å². The first kappa shape index (κ1) is 14.9. The number of para-hydroxylation sites is 1. The predicted octanol–water partition coefficient (Wildman–Crippen LogP) is 2.70. The van der Waals surface area contributed by atoms with Crippen molar-refractivity contribution in [3.63, 3.8) is 0 Å². The zero-order chi connectivity index (χ0) is 15.0. The van der Waals surface area contributed by atoms with Gasteiger partial charge in [-0.15, -0.1) is 0 Å². The Bertz CT molecular complexity index is 469. The Balaban J connectivity index is 1.68. The lowest BCUT2D eigenvalue weighted by molar-refractivity contribution is 0.0309. The van der Waals surface area contributed by atoms with E-state index in [9.17, 15) is 0 Å². The number of nitrogens with one attached hydrogen (secondary N) is 1. The van der Waals surface area contributed by atoms with Gasteiger partial charge in [-0.3, -0.25) is 4.90 Å². The molecule has 2 aliphatic heterocycles. The van der Waals surface area contributed by atoms with E-state index in [1.807, 2.05) is 0 Å². The fourth-order valence-corrected chi connectivity index (χ4v) is 3.66. The molecule has 0 spiro atoms. The molecule has 3 unspecified atom stereocenters. The highest BCUT2D eigenvalue weighted by molar-refractivity contribution is 5.37. The molecule has 3 atom stereocenters. The monoisotopic (exact) mass is 288 g/mol. The van der Waals surface area contributed by atoms with Crippen molar-refractivity contribution in [2.75, 3.05) is 19.6 Å². The van der Waals surface area contributed by atoms with Crippen LogP contribution < -0.4 is 10.1 Å². The maximum Gasteiger partial charge on any atom is 0.123 e. The largest absolute Gasteiger partial charge is 0.488 e. The van der Waals surface area contributed by atoms with Gasteiger partial charge in [0, 0.05) is 38.1 Å². The van der Waals surface area contributed by atoms with Crippen molar-refractivity contribution in [3.05, 3.63) is 29.8 Å². The summed E-state index contributed by atoms with van der Waals surface area (Å²) in [5.41, 5.74) is 1.65. The topological polar surface area (TPSA) is 24.5 Å². The van der Waals surface area contributed by atoms with Crippen molar-refractivity contribution in [2.24, 2.45) is 5.41 Å². The molecule has 3 nitrogen and oxygen atoms in total. The fourth-order valence-electron chi connectivity index (χ4n) is 3.66. The minimum absolute atomic E-state index is 0.290. The standard InChI is InChI=1S/C18H28N2O/c1-13-11-20(17(10-19-13)18(2,3)4)12-15-9-14-7-5-6-8-16(14)21-15/h5-8,13,15,17,19H,9-12H2,1-4H3. The number of piperazine rings is 1. The van der Waals surface area contributed by atoms with E-state index >= 15 is 0 Å². The molecule has 0 aromatic heterocycles. The lowest BCUT2D eigenvalue weighted by Gasteiger charge is -2.46. The van der Waals surface area contributed by atoms with E-state index in [0.29, 0.717) is 23.6 Å². The van der Waals surface area contributed by atoms with Crippen LogP contribution in [0.15, 0.2) is 24.3 Å². The van der Waals surface area contributed by atoms with Crippen LogP contribution in [0.25, 0.3) is 0 Å². The van der Waals surface area contributed by atoms with Crippen LogP contribution >= 0.6 is 0 Å². The van der Waals surface area contributed by atoms with Crippen molar-refractivity contribution in [2.45, 2.75) is 52.3 Å². The maximum absolute atomic E-state index is 6.14. The molecule has 1 aromatic rings. The zero-order valence-electron chi connectivity index (χ0n) is 13.7. The third-order valence-corrected chi connectivity index (χ3v) is 4.76. The Morgan fingerprint density at radius 3 is 2.76 bits per heavy atom.